The van der Waals surface area contributed by atoms with Crippen LogP contribution in [0.1, 0.15) is 12.8 Å². The van der Waals surface area contributed by atoms with Crippen molar-refractivity contribution in [2.75, 3.05) is 12.0 Å². The van der Waals surface area contributed by atoms with Gasteiger partial charge in [0.05, 0.1) is 17.3 Å². The Morgan fingerprint density at radius 3 is 2.60 bits per heavy atom. The molecule has 1 aliphatic heterocycles. The number of imide groups is 2. The van der Waals surface area contributed by atoms with Gasteiger partial charge < -0.3 is 4.74 Å². The summed E-state index contributed by atoms with van der Waals surface area (Å²) in [4.78, 5) is 37.1. The number of carbonyl (C=O) groups is 3. The molecule has 1 aromatic rings. The van der Waals surface area contributed by atoms with Gasteiger partial charge in [-0.3, -0.25) is 14.9 Å². The summed E-state index contributed by atoms with van der Waals surface area (Å²) in [5.74, 6) is -0.451. The number of barbiturate groups is 1. The lowest BCUT2D eigenvalue weighted by molar-refractivity contribution is -0.136. The lowest BCUT2D eigenvalue weighted by Crippen LogP contribution is -2.59. The molecule has 2 aliphatic rings. The first-order chi connectivity index (χ1) is 9.49. The van der Waals surface area contributed by atoms with Crippen molar-refractivity contribution in [1.29, 1.82) is 0 Å². The van der Waals surface area contributed by atoms with Crippen LogP contribution in [0.25, 0.3) is 0 Å². The Labute approximate surface area is 123 Å². The maximum absolute atomic E-state index is 12.4. The zero-order valence-electron chi connectivity index (χ0n) is 10.6. The van der Waals surface area contributed by atoms with E-state index in [4.69, 9.17) is 4.74 Å². The third-order valence-corrected chi connectivity index (χ3v) is 4.27. The third-order valence-electron chi connectivity index (χ3n) is 3.61. The highest BCUT2D eigenvalue weighted by Gasteiger charge is 2.62. The molecule has 1 aromatic carbocycles. The summed E-state index contributed by atoms with van der Waals surface area (Å²) in [6.45, 7) is 0. The molecule has 1 heterocycles. The molecule has 6 nitrogen and oxygen atoms in total. The molecule has 0 unspecified atom stereocenters. The highest BCUT2D eigenvalue weighted by molar-refractivity contribution is 9.10. The van der Waals surface area contributed by atoms with Crippen LogP contribution in [0.3, 0.4) is 0 Å². The average Bonchev–Trinajstić information content (AvgIpc) is 3.20. The first-order valence-electron chi connectivity index (χ1n) is 6.03. The van der Waals surface area contributed by atoms with Crippen LogP contribution in [0.15, 0.2) is 22.7 Å². The zero-order chi connectivity index (χ0) is 14.5. The van der Waals surface area contributed by atoms with Gasteiger partial charge in [0, 0.05) is 6.07 Å². The molecule has 0 aromatic heterocycles. The van der Waals surface area contributed by atoms with Gasteiger partial charge in [0.2, 0.25) is 5.91 Å². The van der Waals surface area contributed by atoms with Crippen molar-refractivity contribution < 1.29 is 19.1 Å². The number of rotatable bonds is 2. The molecule has 20 heavy (non-hydrogen) atoms. The highest BCUT2D eigenvalue weighted by Crippen LogP contribution is 2.49. The van der Waals surface area contributed by atoms with Gasteiger partial charge in [-0.2, -0.15) is 0 Å². The van der Waals surface area contributed by atoms with Gasteiger partial charge in [-0.25, -0.2) is 9.69 Å². The molecule has 0 bridgehead atoms. The molecular formula is C13H11BrN2O4. The van der Waals surface area contributed by atoms with Crippen molar-refractivity contribution in [3.63, 3.8) is 0 Å². The molecule has 7 heteroatoms. The van der Waals surface area contributed by atoms with Crippen LogP contribution in [-0.2, 0) is 9.59 Å². The minimum absolute atomic E-state index is 0.381. The fourth-order valence-corrected chi connectivity index (χ4v) is 2.67. The van der Waals surface area contributed by atoms with Crippen molar-refractivity contribution in [3.05, 3.63) is 22.7 Å². The summed E-state index contributed by atoms with van der Waals surface area (Å²) in [6.07, 6.45) is 0.963. The molecule has 3 rings (SSSR count). The normalized spacial score (nSPS) is 20.1. The largest absolute Gasteiger partial charge is 0.495 e. The molecule has 4 amide bonds. The summed E-state index contributed by atoms with van der Waals surface area (Å²) < 4.78 is 5.87. The van der Waals surface area contributed by atoms with E-state index in [2.05, 4.69) is 21.2 Å². The molecule has 1 saturated carbocycles. The van der Waals surface area contributed by atoms with E-state index >= 15 is 0 Å². The quantitative estimate of drug-likeness (QED) is 0.834. The standard InChI is InChI=1S/C13H11BrN2O4/c1-20-9-6-7(2-3-8(9)14)16-11(18)13(4-5-13)10(17)15-12(16)19/h2-3,6H,4-5H2,1H3,(H,15,17,19). The minimum atomic E-state index is -1.05. The van der Waals surface area contributed by atoms with E-state index in [0.29, 0.717) is 28.8 Å². The van der Waals surface area contributed by atoms with Crippen LogP contribution in [0.2, 0.25) is 0 Å². The number of amides is 4. The van der Waals surface area contributed by atoms with Gasteiger partial charge in [-0.1, -0.05) is 0 Å². The molecule has 0 atom stereocenters. The number of halogens is 1. The first kappa shape index (κ1) is 13.1. The molecule has 2 fully saturated rings. The zero-order valence-corrected chi connectivity index (χ0v) is 12.2. The Kier molecular flexibility index (Phi) is 2.82. The van der Waals surface area contributed by atoms with Gasteiger partial charge in [0.25, 0.3) is 5.91 Å². The Morgan fingerprint density at radius 2 is 2.00 bits per heavy atom. The number of nitrogens with zero attached hydrogens (tertiary/aromatic N) is 1. The number of carbonyl (C=O) groups excluding carboxylic acids is 3. The van der Waals surface area contributed by atoms with Crippen LogP contribution in [0.5, 0.6) is 5.75 Å². The topological polar surface area (TPSA) is 75.7 Å². The second kappa shape index (κ2) is 4.31. The van der Waals surface area contributed by atoms with Crippen LogP contribution >= 0.6 is 15.9 Å². The van der Waals surface area contributed by atoms with Crippen LogP contribution in [0, 0.1) is 5.41 Å². The Morgan fingerprint density at radius 1 is 1.30 bits per heavy atom. The Hall–Kier alpha value is -1.89. The number of hydrogen-bond donors (Lipinski definition) is 1. The first-order valence-corrected chi connectivity index (χ1v) is 6.82. The fourth-order valence-electron chi connectivity index (χ4n) is 2.26. The third kappa shape index (κ3) is 1.73. The minimum Gasteiger partial charge on any atom is -0.495 e. The van der Waals surface area contributed by atoms with Gasteiger partial charge >= 0.3 is 6.03 Å². The van der Waals surface area contributed by atoms with E-state index in [0.717, 1.165) is 4.90 Å². The smallest absolute Gasteiger partial charge is 0.335 e. The number of urea groups is 1. The number of methoxy groups -OCH3 is 1. The lowest BCUT2D eigenvalue weighted by atomic mass is 10.0. The second-order valence-electron chi connectivity index (χ2n) is 4.80. The summed E-state index contributed by atoms with van der Waals surface area (Å²) in [7, 11) is 1.49. The Balaban J connectivity index is 2.02. The summed E-state index contributed by atoms with van der Waals surface area (Å²) >= 11 is 3.31. The predicted molar refractivity (Wildman–Crippen MR) is 73.4 cm³/mol. The maximum atomic E-state index is 12.4. The van der Waals surface area contributed by atoms with Crippen LogP contribution < -0.4 is 15.0 Å². The fraction of sp³-hybridized carbons (Fsp3) is 0.308. The monoisotopic (exact) mass is 338 g/mol. The lowest BCUT2D eigenvalue weighted by Gasteiger charge is -2.30. The van der Waals surface area contributed by atoms with Crippen molar-refractivity contribution >= 4 is 39.5 Å². The Bertz CT molecular complexity index is 639. The maximum Gasteiger partial charge on any atom is 0.335 e. The number of ether oxygens (including phenoxy) is 1. The SMILES string of the molecule is COc1cc(N2C(=O)NC(=O)C3(CC3)C2=O)ccc1Br. The van der Waals surface area contributed by atoms with E-state index in [9.17, 15) is 14.4 Å². The number of nitrogens with one attached hydrogen (secondary N) is 1. The van der Waals surface area contributed by atoms with E-state index in [1.54, 1.807) is 18.2 Å². The van der Waals surface area contributed by atoms with Gasteiger partial charge in [0.15, 0.2) is 0 Å². The van der Waals surface area contributed by atoms with E-state index < -0.39 is 23.3 Å². The molecule has 1 aliphatic carbocycles. The van der Waals surface area contributed by atoms with Crippen molar-refractivity contribution in [2.45, 2.75) is 12.8 Å². The van der Waals surface area contributed by atoms with Gasteiger partial charge in [0.1, 0.15) is 11.2 Å². The van der Waals surface area contributed by atoms with Crippen molar-refractivity contribution in [2.24, 2.45) is 5.41 Å². The summed E-state index contributed by atoms with van der Waals surface area (Å²) in [6, 6.07) is 4.16. The van der Waals surface area contributed by atoms with E-state index in [-0.39, 0.29) is 0 Å². The number of benzene rings is 1. The number of anilines is 1. The van der Waals surface area contributed by atoms with Gasteiger partial charge in [-0.15, -0.1) is 0 Å². The van der Waals surface area contributed by atoms with E-state index in [1.807, 2.05) is 0 Å². The molecular weight excluding hydrogens is 328 g/mol. The van der Waals surface area contributed by atoms with Crippen molar-refractivity contribution in [3.8, 4) is 5.75 Å². The second-order valence-corrected chi connectivity index (χ2v) is 5.66. The molecule has 1 saturated heterocycles. The predicted octanol–water partition coefficient (Wildman–Crippen LogP) is 1.82. The molecule has 1 N–H and O–H groups in total. The van der Waals surface area contributed by atoms with Crippen LogP contribution in [-0.4, -0.2) is 25.0 Å². The molecule has 1 spiro atoms. The van der Waals surface area contributed by atoms with Gasteiger partial charge in [-0.05, 0) is 40.9 Å². The van der Waals surface area contributed by atoms with E-state index in [1.165, 1.54) is 7.11 Å². The highest BCUT2D eigenvalue weighted by atomic mass is 79.9. The van der Waals surface area contributed by atoms with Crippen LogP contribution in [0.4, 0.5) is 10.5 Å². The average molecular weight is 339 g/mol. The molecule has 104 valence electrons. The summed E-state index contributed by atoms with van der Waals surface area (Å²) in [5.41, 5.74) is -0.667. The molecule has 0 radical (unpaired) electrons. The number of hydrogen-bond acceptors (Lipinski definition) is 4. The summed E-state index contributed by atoms with van der Waals surface area (Å²) in [5, 5.41) is 2.24. The van der Waals surface area contributed by atoms with Crippen molar-refractivity contribution in [1.82, 2.24) is 5.32 Å².